The molecule has 3 atom stereocenters. The molecule has 1 aliphatic rings. The number of fused-ring (bicyclic) bond motifs is 1. The normalized spacial score (nSPS) is 16.1. The van der Waals surface area contributed by atoms with Crippen LogP contribution in [0.25, 0.3) is 22.2 Å². The predicted octanol–water partition coefficient (Wildman–Crippen LogP) is 7.47. The molecule has 0 aliphatic carbocycles. The van der Waals surface area contributed by atoms with Crippen molar-refractivity contribution in [3.8, 4) is 11.1 Å². The van der Waals surface area contributed by atoms with Gasteiger partial charge in [0.2, 0.25) is 0 Å². The number of aromatic nitrogens is 1. The van der Waals surface area contributed by atoms with E-state index in [2.05, 4.69) is 72.2 Å². The largest absolute Gasteiger partial charge is 0.510 e. The van der Waals surface area contributed by atoms with Crippen molar-refractivity contribution in [3.63, 3.8) is 0 Å². The molecule has 1 aliphatic heterocycles. The molecule has 43 heavy (non-hydrogen) atoms. The van der Waals surface area contributed by atoms with Gasteiger partial charge in [0.05, 0.1) is 11.2 Å². The maximum Gasteiger partial charge on any atom is 0.510 e. The smallest absolute Gasteiger partial charge is 0.431 e. The highest BCUT2D eigenvalue weighted by molar-refractivity contribution is 5.87. The summed E-state index contributed by atoms with van der Waals surface area (Å²) in [5, 5.41) is 0. The average Bonchev–Trinajstić information content (AvgIpc) is 3.36. The van der Waals surface area contributed by atoms with Crippen LogP contribution in [0.15, 0.2) is 82.0 Å². The van der Waals surface area contributed by atoms with E-state index in [1.54, 1.807) is 0 Å². The second kappa shape index (κ2) is 14.0. The van der Waals surface area contributed by atoms with Crippen LogP contribution in [-0.4, -0.2) is 47.9 Å². The van der Waals surface area contributed by atoms with Crippen LogP contribution < -0.4 is 10.7 Å². The van der Waals surface area contributed by atoms with Crippen molar-refractivity contribution in [2.75, 3.05) is 31.1 Å². The van der Waals surface area contributed by atoms with Gasteiger partial charge in [-0.15, -0.1) is 0 Å². The maximum atomic E-state index is 13.1. The fraction of sp³-hybridized carbons (Fsp3) is 0.429. The summed E-state index contributed by atoms with van der Waals surface area (Å²) in [6.45, 7) is 12.2. The molecule has 0 radical (unpaired) electrons. The number of rotatable bonds is 11. The third kappa shape index (κ3) is 7.31. The summed E-state index contributed by atoms with van der Waals surface area (Å²) in [4.78, 5) is 30.4. The molecule has 8 heteroatoms. The van der Waals surface area contributed by atoms with E-state index in [9.17, 15) is 9.59 Å². The van der Waals surface area contributed by atoms with Crippen molar-refractivity contribution in [2.45, 2.75) is 65.8 Å². The first-order chi connectivity index (χ1) is 20.9. The number of anilines is 1. The third-order valence-corrected chi connectivity index (χ3v) is 8.37. The van der Waals surface area contributed by atoms with Gasteiger partial charge >= 0.3 is 11.9 Å². The van der Waals surface area contributed by atoms with E-state index in [-0.39, 0.29) is 6.10 Å². The molecule has 1 fully saturated rings. The van der Waals surface area contributed by atoms with Crippen LogP contribution in [0.1, 0.15) is 58.7 Å². The SMILES string of the molecule is CCC(C)CC(C)OC(=O)OC(CC)n1c(=O)oc2c(N3CCN(Cc4cccc(-c5ccccc5)c4)CC3)cccc21. The van der Waals surface area contributed by atoms with E-state index < -0.39 is 18.1 Å². The lowest BCUT2D eigenvalue weighted by molar-refractivity contribution is -0.0261. The number of piperazine rings is 1. The Morgan fingerprint density at radius 1 is 0.860 bits per heavy atom. The standard InChI is InChI=1S/C35H43N3O5/c1-5-25(3)22-26(4)41-35(40)42-32(6-2)38-31-17-11-16-30(33(31)43-34(38)39)37-20-18-36(19-21-37)24-27-12-10-15-29(23-27)28-13-8-7-9-14-28/h7-17,23,25-26,32H,5-6,18-22,24H2,1-4H3. The molecule has 3 unspecified atom stereocenters. The Balaban J connectivity index is 1.25. The summed E-state index contributed by atoms with van der Waals surface area (Å²) >= 11 is 0. The number of carbonyl (C=O) groups excluding carboxylic acids is 1. The van der Waals surface area contributed by atoms with E-state index in [0.29, 0.717) is 23.4 Å². The highest BCUT2D eigenvalue weighted by atomic mass is 16.7. The van der Waals surface area contributed by atoms with Crippen LogP contribution >= 0.6 is 0 Å². The molecule has 0 N–H and O–H groups in total. The Morgan fingerprint density at radius 2 is 1.58 bits per heavy atom. The Kier molecular flexibility index (Phi) is 9.87. The molecule has 4 aromatic rings. The van der Waals surface area contributed by atoms with Gasteiger partial charge in [0.1, 0.15) is 6.10 Å². The monoisotopic (exact) mass is 585 g/mol. The van der Waals surface area contributed by atoms with Crippen LogP contribution in [0.5, 0.6) is 0 Å². The van der Waals surface area contributed by atoms with E-state index in [0.717, 1.165) is 51.3 Å². The highest BCUT2D eigenvalue weighted by Gasteiger charge is 2.26. The third-order valence-electron chi connectivity index (χ3n) is 8.37. The van der Waals surface area contributed by atoms with Crippen LogP contribution in [-0.2, 0) is 16.0 Å². The molecule has 1 aromatic heterocycles. The van der Waals surface area contributed by atoms with E-state index >= 15 is 0 Å². The van der Waals surface area contributed by atoms with Gasteiger partial charge in [-0.05, 0) is 54.2 Å². The first-order valence-electron chi connectivity index (χ1n) is 15.5. The molecule has 5 rings (SSSR count). The zero-order chi connectivity index (χ0) is 30.3. The summed E-state index contributed by atoms with van der Waals surface area (Å²) < 4.78 is 18.3. The van der Waals surface area contributed by atoms with Gasteiger partial charge in [-0.25, -0.2) is 14.2 Å². The topological polar surface area (TPSA) is 77.1 Å². The number of nitrogens with zero attached hydrogens (tertiary/aromatic N) is 3. The average molecular weight is 586 g/mol. The zero-order valence-corrected chi connectivity index (χ0v) is 25.7. The zero-order valence-electron chi connectivity index (χ0n) is 25.7. The second-order valence-corrected chi connectivity index (χ2v) is 11.6. The molecule has 0 saturated carbocycles. The molecule has 3 aromatic carbocycles. The number of hydrogen-bond donors (Lipinski definition) is 0. The van der Waals surface area contributed by atoms with Crippen LogP contribution in [0.3, 0.4) is 0 Å². The summed E-state index contributed by atoms with van der Waals surface area (Å²) in [5.41, 5.74) is 5.73. The fourth-order valence-corrected chi connectivity index (χ4v) is 5.85. The van der Waals surface area contributed by atoms with Crippen molar-refractivity contribution in [1.82, 2.24) is 9.47 Å². The van der Waals surface area contributed by atoms with Gasteiger partial charge in [-0.3, -0.25) is 4.90 Å². The molecule has 0 bridgehead atoms. The van der Waals surface area contributed by atoms with E-state index in [1.165, 1.54) is 21.3 Å². The molecule has 8 nitrogen and oxygen atoms in total. The van der Waals surface area contributed by atoms with Gasteiger partial charge in [-0.1, -0.05) is 81.8 Å². The Hall–Kier alpha value is -4.04. The molecule has 0 spiro atoms. The summed E-state index contributed by atoms with van der Waals surface area (Å²) in [6, 6.07) is 24.9. The molecular formula is C35H43N3O5. The van der Waals surface area contributed by atoms with Gasteiger partial charge < -0.3 is 18.8 Å². The number of ether oxygens (including phenoxy) is 2. The molecule has 0 amide bonds. The fourth-order valence-electron chi connectivity index (χ4n) is 5.85. The summed E-state index contributed by atoms with van der Waals surface area (Å²) in [6.07, 6.45) is 0.305. The Bertz CT molecular complexity index is 1550. The molecule has 2 heterocycles. The van der Waals surface area contributed by atoms with Crippen molar-refractivity contribution in [3.05, 3.63) is 88.9 Å². The number of para-hydroxylation sites is 1. The van der Waals surface area contributed by atoms with Crippen LogP contribution in [0.4, 0.5) is 10.5 Å². The van der Waals surface area contributed by atoms with Gasteiger partial charge in [0, 0.05) is 39.1 Å². The number of oxazole rings is 1. The summed E-state index contributed by atoms with van der Waals surface area (Å²) in [7, 11) is 0. The van der Waals surface area contributed by atoms with Gasteiger partial charge in [0.15, 0.2) is 11.8 Å². The summed E-state index contributed by atoms with van der Waals surface area (Å²) in [5.74, 6) is -0.108. The Morgan fingerprint density at radius 3 is 2.30 bits per heavy atom. The van der Waals surface area contributed by atoms with E-state index in [1.807, 2.05) is 38.1 Å². The van der Waals surface area contributed by atoms with Crippen molar-refractivity contribution < 1.29 is 18.7 Å². The van der Waals surface area contributed by atoms with Gasteiger partial charge in [-0.2, -0.15) is 0 Å². The maximum absolute atomic E-state index is 13.1. The first-order valence-corrected chi connectivity index (χ1v) is 15.5. The minimum atomic E-state index is -0.823. The van der Waals surface area contributed by atoms with Crippen molar-refractivity contribution >= 4 is 22.9 Å². The van der Waals surface area contributed by atoms with Crippen LogP contribution in [0, 0.1) is 5.92 Å². The van der Waals surface area contributed by atoms with Crippen molar-refractivity contribution in [1.29, 1.82) is 0 Å². The minimum absolute atomic E-state index is 0.268. The lowest BCUT2D eigenvalue weighted by Crippen LogP contribution is -2.46. The number of hydrogen-bond acceptors (Lipinski definition) is 7. The van der Waals surface area contributed by atoms with E-state index in [4.69, 9.17) is 13.9 Å². The second-order valence-electron chi connectivity index (χ2n) is 11.6. The Labute approximate surface area is 253 Å². The predicted molar refractivity (Wildman–Crippen MR) is 170 cm³/mol. The lowest BCUT2D eigenvalue weighted by Gasteiger charge is -2.36. The number of carbonyl (C=O) groups is 1. The van der Waals surface area contributed by atoms with Crippen molar-refractivity contribution in [2.24, 2.45) is 5.92 Å². The number of benzene rings is 3. The highest BCUT2D eigenvalue weighted by Crippen LogP contribution is 2.30. The van der Waals surface area contributed by atoms with Crippen LogP contribution in [0.2, 0.25) is 0 Å². The lowest BCUT2D eigenvalue weighted by atomic mass is 10.0. The molecular weight excluding hydrogens is 542 g/mol. The molecule has 228 valence electrons. The quantitative estimate of drug-likeness (QED) is 0.169. The first kappa shape index (κ1) is 30.4. The van der Waals surface area contributed by atoms with Gasteiger partial charge in [0.25, 0.3) is 0 Å². The molecule has 1 saturated heterocycles. The minimum Gasteiger partial charge on any atom is -0.431 e.